The van der Waals surface area contributed by atoms with E-state index >= 15 is 0 Å². The van der Waals surface area contributed by atoms with Gasteiger partial charge in [0.15, 0.2) is 0 Å². The van der Waals surface area contributed by atoms with Gasteiger partial charge >= 0.3 is 50.4 Å². The Morgan fingerprint density at radius 3 is 2.29 bits per heavy atom. The van der Waals surface area contributed by atoms with Gasteiger partial charge in [0.2, 0.25) is 0 Å². The fraction of sp³-hybridized carbons (Fsp3) is 0.500. The maximum atomic E-state index is 9.78. The molecule has 0 saturated carbocycles. The zero-order chi connectivity index (χ0) is 5.86. The van der Waals surface area contributed by atoms with Gasteiger partial charge in [-0.15, -0.1) is 0 Å². The molecule has 0 aliphatic rings. The second-order valence-corrected chi connectivity index (χ2v) is 2.50. The topological polar surface area (TPSA) is 37.3 Å². The van der Waals surface area contributed by atoms with Crippen LogP contribution in [0.5, 0.6) is 0 Å². The summed E-state index contributed by atoms with van der Waals surface area (Å²) in [7, 11) is 0. The molecule has 0 aromatic heterocycles. The van der Waals surface area contributed by atoms with Crippen molar-refractivity contribution in [1.82, 2.24) is 0 Å². The standard InChI is InChI=1S/C4H6O2.V/c1-2-3-4(5)6;/h3H2,1H3,(H,5,6);. The Morgan fingerprint density at radius 1 is 1.86 bits per heavy atom. The summed E-state index contributed by atoms with van der Waals surface area (Å²) < 4.78 is 0.875. The van der Waals surface area contributed by atoms with Crippen LogP contribution in [0.4, 0.5) is 0 Å². The normalized spacial score (nSPS) is 8.00. The molecule has 0 spiro atoms. The first-order valence-electron chi connectivity index (χ1n) is 1.86. The Labute approximate surface area is 51.0 Å². The second-order valence-electron chi connectivity index (χ2n) is 1.31. The molecule has 0 atom stereocenters. The Hall–Kier alpha value is -0.0756. The van der Waals surface area contributed by atoms with Crippen molar-refractivity contribution in [3.63, 3.8) is 0 Å². The van der Waals surface area contributed by atoms with E-state index in [-0.39, 0.29) is 6.42 Å². The summed E-state index contributed by atoms with van der Waals surface area (Å²) in [6.45, 7) is 1.77. The SMILES string of the molecule is C[C](=[V])CC(=O)O. The zero-order valence-corrected chi connectivity index (χ0v) is 5.41. The van der Waals surface area contributed by atoms with E-state index in [1.54, 1.807) is 6.92 Å². The molecule has 0 aromatic carbocycles. The van der Waals surface area contributed by atoms with E-state index in [0.29, 0.717) is 0 Å². The molecule has 0 bridgehead atoms. The van der Waals surface area contributed by atoms with E-state index in [0.717, 1.165) is 4.23 Å². The first-order valence-corrected chi connectivity index (χ1v) is 2.56. The third kappa shape index (κ3) is 5.92. The fourth-order valence-corrected chi connectivity index (χ4v) is 0.430. The molecule has 1 N–H and O–H groups in total. The molecule has 0 amide bonds. The van der Waals surface area contributed by atoms with Crippen LogP contribution in [0.25, 0.3) is 0 Å². The van der Waals surface area contributed by atoms with E-state index in [4.69, 9.17) is 5.11 Å². The Balaban J connectivity index is 3.32. The van der Waals surface area contributed by atoms with Crippen molar-refractivity contribution in [2.24, 2.45) is 0 Å². The Morgan fingerprint density at radius 2 is 2.29 bits per heavy atom. The molecule has 39 valence electrons. The predicted molar refractivity (Wildman–Crippen MR) is 22.9 cm³/mol. The van der Waals surface area contributed by atoms with Crippen LogP contribution in [-0.2, 0) is 21.8 Å². The molecule has 0 unspecified atom stereocenters. The van der Waals surface area contributed by atoms with Crippen LogP contribution < -0.4 is 0 Å². The molecule has 0 aromatic rings. The van der Waals surface area contributed by atoms with Crippen molar-refractivity contribution in [3.8, 4) is 0 Å². The van der Waals surface area contributed by atoms with Crippen molar-refractivity contribution in [1.29, 1.82) is 0 Å². The zero-order valence-electron chi connectivity index (χ0n) is 4.01. The summed E-state index contributed by atoms with van der Waals surface area (Å²) in [5.74, 6) is -0.766. The van der Waals surface area contributed by atoms with Crippen LogP contribution in [-0.4, -0.2) is 15.3 Å². The van der Waals surface area contributed by atoms with Crippen molar-refractivity contribution in [2.75, 3.05) is 0 Å². The molecule has 2 nitrogen and oxygen atoms in total. The van der Waals surface area contributed by atoms with Gasteiger partial charge in [0.05, 0.1) is 0 Å². The summed E-state index contributed by atoms with van der Waals surface area (Å²) in [6.07, 6.45) is 0.167. The van der Waals surface area contributed by atoms with Gasteiger partial charge < -0.3 is 0 Å². The summed E-state index contributed by atoms with van der Waals surface area (Å²) in [4.78, 5) is 9.78. The number of aliphatic carboxylic acids is 1. The number of carboxylic acid groups (broad SMARTS) is 1. The number of carbonyl (C=O) groups is 1. The molecule has 7 heavy (non-hydrogen) atoms. The summed E-state index contributed by atoms with van der Waals surface area (Å²) in [6, 6.07) is 0. The molecule has 0 fully saturated rings. The summed E-state index contributed by atoms with van der Waals surface area (Å²) >= 11 is 2.20. The molecule has 0 aliphatic carbocycles. The predicted octanol–water partition coefficient (Wildman–Crippen LogP) is 0.200. The van der Waals surface area contributed by atoms with Crippen LogP contribution in [0.15, 0.2) is 0 Å². The van der Waals surface area contributed by atoms with Gasteiger partial charge in [-0.25, -0.2) is 0 Å². The van der Waals surface area contributed by atoms with Crippen molar-refractivity contribution in [2.45, 2.75) is 13.3 Å². The number of rotatable bonds is 2. The van der Waals surface area contributed by atoms with Gasteiger partial charge in [0.1, 0.15) is 0 Å². The third-order valence-electron chi connectivity index (χ3n) is 0.407. The van der Waals surface area contributed by atoms with Gasteiger partial charge in [0.25, 0.3) is 0 Å². The first-order chi connectivity index (χ1) is 3.13. The second kappa shape index (κ2) is 3.00. The van der Waals surface area contributed by atoms with Crippen LogP contribution in [0.2, 0.25) is 0 Å². The van der Waals surface area contributed by atoms with Gasteiger partial charge in [0, 0.05) is 0 Å². The van der Waals surface area contributed by atoms with E-state index in [1.807, 2.05) is 0 Å². The number of hydrogen-bond donors (Lipinski definition) is 1. The monoisotopic (exact) mass is 137 g/mol. The van der Waals surface area contributed by atoms with Crippen LogP contribution >= 0.6 is 0 Å². The Kier molecular flexibility index (Phi) is 2.96. The van der Waals surface area contributed by atoms with E-state index < -0.39 is 5.97 Å². The number of hydrogen-bond acceptors (Lipinski definition) is 1. The average Bonchev–Trinajstić information content (AvgIpc) is 1.27. The molecule has 0 rings (SSSR count). The van der Waals surface area contributed by atoms with Crippen LogP contribution in [0.1, 0.15) is 13.3 Å². The van der Waals surface area contributed by atoms with Gasteiger partial charge in [-0.2, -0.15) is 0 Å². The Bertz CT molecular complexity index is 85.9. The van der Waals surface area contributed by atoms with Gasteiger partial charge in [-0.1, -0.05) is 0 Å². The molecule has 0 radical (unpaired) electrons. The van der Waals surface area contributed by atoms with Crippen molar-refractivity contribution in [3.05, 3.63) is 0 Å². The average molecular weight is 137 g/mol. The van der Waals surface area contributed by atoms with Gasteiger partial charge in [-0.05, 0) is 0 Å². The maximum absolute atomic E-state index is 9.78. The van der Waals surface area contributed by atoms with Crippen LogP contribution in [0.3, 0.4) is 0 Å². The molecule has 0 heterocycles. The van der Waals surface area contributed by atoms with Crippen LogP contribution in [0, 0.1) is 0 Å². The molecule has 3 heteroatoms. The minimum absolute atomic E-state index is 0.167. The molecule has 0 aliphatic heterocycles. The third-order valence-corrected chi connectivity index (χ3v) is 0.654. The molecular formula is C4H6O2V. The summed E-state index contributed by atoms with van der Waals surface area (Å²) in [5.41, 5.74) is 0. The quantitative estimate of drug-likeness (QED) is 0.590. The summed E-state index contributed by atoms with van der Waals surface area (Å²) in [5, 5.41) is 8.05. The van der Waals surface area contributed by atoms with E-state index in [9.17, 15) is 4.79 Å². The first kappa shape index (κ1) is 6.92. The van der Waals surface area contributed by atoms with Crippen molar-refractivity contribution >= 4 is 10.2 Å². The van der Waals surface area contributed by atoms with E-state index in [2.05, 4.69) is 17.0 Å². The molecule has 0 saturated heterocycles. The minimum atomic E-state index is -0.766. The fourth-order valence-electron chi connectivity index (χ4n) is 0.219. The number of carboxylic acids is 1. The van der Waals surface area contributed by atoms with Crippen molar-refractivity contribution < 1.29 is 26.9 Å². The van der Waals surface area contributed by atoms with Gasteiger partial charge in [-0.3, -0.25) is 0 Å². The van der Waals surface area contributed by atoms with E-state index in [1.165, 1.54) is 0 Å². The molecular weight excluding hydrogens is 131 g/mol.